The van der Waals surface area contributed by atoms with Gasteiger partial charge in [-0.3, -0.25) is 0 Å². The fourth-order valence-electron chi connectivity index (χ4n) is 1.02. The molecule has 0 fully saturated rings. The highest BCUT2D eigenvalue weighted by atomic mass is 35.5. The molecule has 6 heteroatoms. The van der Waals surface area contributed by atoms with Crippen molar-refractivity contribution in [3.05, 3.63) is 23.6 Å². The van der Waals surface area contributed by atoms with Crippen LogP contribution in [-0.2, 0) is 0 Å². The normalized spacial score (nSPS) is 11.4. The van der Waals surface area contributed by atoms with Gasteiger partial charge in [0.1, 0.15) is 10.7 Å². The summed E-state index contributed by atoms with van der Waals surface area (Å²) >= 11 is 5.57. The lowest BCUT2D eigenvalue weighted by Gasteiger charge is -1.94. The topological polar surface area (TPSA) is 30.7 Å². The van der Waals surface area contributed by atoms with Crippen LogP contribution in [0.25, 0.3) is 10.9 Å². The summed E-state index contributed by atoms with van der Waals surface area (Å²) < 4.78 is 24.9. The number of halogens is 3. The molecule has 0 N–H and O–H groups in total. The monoisotopic (exact) mass is 203 g/mol. The summed E-state index contributed by atoms with van der Waals surface area (Å²) in [4.78, 5) is 3.72. The first-order valence-electron chi connectivity index (χ1n) is 3.45. The van der Waals surface area contributed by atoms with Gasteiger partial charge in [0.2, 0.25) is 0 Å². The zero-order chi connectivity index (χ0) is 9.42. The molecule has 2 rings (SSSR count). The van der Waals surface area contributed by atoms with Crippen LogP contribution in [0.5, 0.6) is 0 Å². The van der Waals surface area contributed by atoms with Crippen LogP contribution in [0.2, 0.25) is 5.15 Å². The predicted molar refractivity (Wildman–Crippen MR) is 43.8 cm³/mol. The van der Waals surface area contributed by atoms with Gasteiger partial charge in [-0.05, 0) is 6.07 Å². The number of hydrogen-bond donors (Lipinski definition) is 0. The summed E-state index contributed by atoms with van der Waals surface area (Å²) in [6, 6.07) is 1.49. The highest BCUT2D eigenvalue weighted by Crippen LogP contribution is 2.18. The van der Waals surface area contributed by atoms with E-state index in [2.05, 4.69) is 10.1 Å². The minimum Gasteiger partial charge on any atom is -0.242 e. The predicted octanol–water partition coefficient (Wildman–Crippen LogP) is 2.48. The Morgan fingerprint density at radius 3 is 2.92 bits per heavy atom. The molecule has 0 radical (unpaired) electrons. The second kappa shape index (κ2) is 2.92. The number of nitrogens with zero attached hydrogens (tertiary/aromatic N) is 3. The molecule has 68 valence electrons. The van der Waals surface area contributed by atoms with Crippen molar-refractivity contribution in [2.24, 2.45) is 0 Å². The molecule has 0 saturated heterocycles. The molecule has 0 amide bonds. The lowest BCUT2D eigenvalue weighted by Crippen LogP contribution is -1.96. The molecule has 13 heavy (non-hydrogen) atoms. The lowest BCUT2D eigenvalue weighted by molar-refractivity contribution is 0.0574. The summed E-state index contributed by atoms with van der Waals surface area (Å²) in [6.45, 7) is -2.63. The molecule has 2 heterocycles. The highest BCUT2D eigenvalue weighted by molar-refractivity contribution is 6.30. The van der Waals surface area contributed by atoms with E-state index < -0.39 is 6.55 Å². The molecule has 0 atom stereocenters. The van der Waals surface area contributed by atoms with Gasteiger partial charge in [0.15, 0.2) is 0 Å². The second-order valence-electron chi connectivity index (χ2n) is 2.45. The molecule has 0 unspecified atom stereocenters. The molecular weight excluding hydrogens is 200 g/mol. The van der Waals surface area contributed by atoms with Crippen molar-refractivity contribution in [1.82, 2.24) is 14.8 Å². The zero-order valence-corrected chi connectivity index (χ0v) is 7.04. The standard InChI is InChI=1S/C7H4ClF2N3/c8-6-1-4-3-13(7(9)10)12-5(4)2-11-6/h1-3,7H. The SMILES string of the molecule is FC(F)n1cc2cc(Cl)ncc2n1. The van der Waals surface area contributed by atoms with Crippen LogP contribution >= 0.6 is 11.6 Å². The smallest absolute Gasteiger partial charge is 0.242 e. The molecule has 0 aliphatic rings. The highest BCUT2D eigenvalue weighted by Gasteiger charge is 2.08. The minimum absolute atomic E-state index is 0.265. The fraction of sp³-hybridized carbons (Fsp3) is 0.143. The van der Waals surface area contributed by atoms with E-state index in [4.69, 9.17) is 11.6 Å². The molecule has 0 aromatic carbocycles. The van der Waals surface area contributed by atoms with Crippen LogP contribution in [0.4, 0.5) is 8.78 Å². The van der Waals surface area contributed by atoms with Crippen molar-refractivity contribution in [3.63, 3.8) is 0 Å². The Hall–Kier alpha value is -1.23. The number of hydrogen-bond acceptors (Lipinski definition) is 2. The number of pyridine rings is 1. The summed E-state index contributed by atoms with van der Waals surface area (Å²) in [6.07, 6.45) is 2.59. The van der Waals surface area contributed by atoms with Gasteiger partial charge in [0, 0.05) is 11.6 Å². The third-order valence-corrected chi connectivity index (χ3v) is 1.78. The molecule has 3 nitrogen and oxygen atoms in total. The van der Waals surface area contributed by atoms with Crippen LogP contribution in [0.15, 0.2) is 18.5 Å². The van der Waals surface area contributed by atoms with Gasteiger partial charge in [-0.1, -0.05) is 11.6 Å². The van der Waals surface area contributed by atoms with E-state index in [1.54, 1.807) is 0 Å². The molecular formula is C7H4ClF2N3. The zero-order valence-electron chi connectivity index (χ0n) is 6.28. The van der Waals surface area contributed by atoms with Gasteiger partial charge in [-0.25, -0.2) is 9.67 Å². The van der Waals surface area contributed by atoms with E-state index >= 15 is 0 Å². The first-order valence-corrected chi connectivity index (χ1v) is 3.83. The maximum atomic E-state index is 12.2. The van der Waals surface area contributed by atoms with Crippen LogP contribution in [0.1, 0.15) is 6.55 Å². The number of fused-ring (bicyclic) bond motifs is 1. The Balaban J connectivity index is 2.62. The van der Waals surface area contributed by atoms with Crippen molar-refractivity contribution in [3.8, 4) is 0 Å². The first-order chi connectivity index (χ1) is 6.16. The minimum atomic E-state index is -2.63. The lowest BCUT2D eigenvalue weighted by atomic mass is 10.3. The van der Waals surface area contributed by atoms with Crippen LogP contribution < -0.4 is 0 Å². The third-order valence-electron chi connectivity index (χ3n) is 1.58. The first kappa shape index (κ1) is 8.37. The Morgan fingerprint density at radius 1 is 1.46 bits per heavy atom. The van der Waals surface area contributed by atoms with Gasteiger partial charge < -0.3 is 0 Å². The molecule has 2 aromatic rings. The average molecular weight is 204 g/mol. The number of aromatic nitrogens is 3. The molecule has 0 bridgehead atoms. The summed E-state index contributed by atoms with van der Waals surface area (Å²) in [7, 11) is 0. The van der Waals surface area contributed by atoms with Gasteiger partial charge in [0.05, 0.1) is 6.20 Å². The Labute approximate surface area is 76.9 Å². The van der Waals surface area contributed by atoms with Crippen molar-refractivity contribution in [2.45, 2.75) is 6.55 Å². The molecule has 0 aliphatic carbocycles. The van der Waals surface area contributed by atoms with Crippen molar-refractivity contribution in [1.29, 1.82) is 0 Å². The van der Waals surface area contributed by atoms with E-state index in [0.29, 0.717) is 15.6 Å². The van der Waals surface area contributed by atoms with Crippen molar-refractivity contribution >= 4 is 22.5 Å². The Morgan fingerprint density at radius 2 is 2.23 bits per heavy atom. The number of alkyl halides is 2. The number of rotatable bonds is 1. The molecule has 0 aliphatic heterocycles. The van der Waals surface area contributed by atoms with Crippen LogP contribution in [-0.4, -0.2) is 14.8 Å². The van der Waals surface area contributed by atoms with E-state index in [0.717, 1.165) is 0 Å². The quantitative estimate of drug-likeness (QED) is 0.667. The van der Waals surface area contributed by atoms with Gasteiger partial charge in [-0.15, -0.1) is 0 Å². The molecule has 0 spiro atoms. The van der Waals surface area contributed by atoms with Crippen LogP contribution in [0, 0.1) is 0 Å². The van der Waals surface area contributed by atoms with Gasteiger partial charge in [0.25, 0.3) is 0 Å². The van der Waals surface area contributed by atoms with E-state index in [1.807, 2.05) is 0 Å². The third kappa shape index (κ3) is 1.47. The Bertz CT molecular complexity index is 440. The van der Waals surface area contributed by atoms with Crippen molar-refractivity contribution in [2.75, 3.05) is 0 Å². The summed E-state index contributed by atoms with van der Waals surface area (Å²) in [5, 5.41) is 4.42. The summed E-state index contributed by atoms with van der Waals surface area (Å²) in [5.74, 6) is 0. The van der Waals surface area contributed by atoms with E-state index in [9.17, 15) is 8.78 Å². The fourth-order valence-corrected chi connectivity index (χ4v) is 1.19. The van der Waals surface area contributed by atoms with E-state index in [-0.39, 0.29) is 5.15 Å². The second-order valence-corrected chi connectivity index (χ2v) is 2.84. The summed E-state index contributed by atoms with van der Waals surface area (Å²) in [5.41, 5.74) is 0.407. The van der Waals surface area contributed by atoms with Gasteiger partial charge >= 0.3 is 6.55 Å². The van der Waals surface area contributed by atoms with Gasteiger partial charge in [-0.2, -0.15) is 13.9 Å². The van der Waals surface area contributed by atoms with E-state index in [1.165, 1.54) is 18.5 Å². The van der Waals surface area contributed by atoms with Crippen molar-refractivity contribution < 1.29 is 8.78 Å². The largest absolute Gasteiger partial charge is 0.333 e. The van der Waals surface area contributed by atoms with Crippen LogP contribution in [0.3, 0.4) is 0 Å². The average Bonchev–Trinajstić information content (AvgIpc) is 2.46. The maximum Gasteiger partial charge on any atom is 0.333 e. The maximum absolute atomic E-state index is 12.2. The molecule has 2 aromatic heterocycles. The molecule has 0 saturated carbocycles. The Kier molecular flexibility index (Phi) is 1.88.